The van der Waals surface area contributed by atoms with E-state index in [2.05, 4.69) is 4.98 Å². The summed E-state index contributed by atoms with van der Waals surface area (Å²) in [7, 11) is 0.889. The molecule has 0 bridgehead atoms. The molecule has 0 aromatic carbocycles. The highest BCUT2D eigenvalue weighted by atomic mass is 35.6. The Hall–Kier alpha value is -0.580. The molecule has 0 saturated carbocycles. The zero-order valence-corrected chi connectivity index (χ0v) is 9.58. The van der Waals surface area contributed by atoms with Gasteiger partial charge in [0.25, 0.3) is 0 Å². The van der Waals surface area contributed by atoms with Crippen molar-refractivity contribution >= 4 is 34.8 Å². The Labute approximate surface area is 97.0 Å². The van der Waals surface area contributed by atoms with E-state index >= 15 is 0 Å². The molecule has 4 nitrogen and oxygen atoms in total. The Balaban J connectivity index is 0. The third-order valence-electron chi connectivity index (χ3n) is 0.566. The molecule has 14 heavy (non-hydrogen) atoms. The number of hydrogen-bond acceptors (Lipinski definition) is 3. The summed E-state index contributed by atoms with van der Waals surface area (Å²) in [5.41, 5.74) is 0. The molecule has 0 aliphatic heterocycles. The number of aromatic nitrogens is 1. The van der Waals surface area contributed by atoms with Crippen LogP contribution in [0, 0.1) is 10.1 Å². The first-order chi connectivity index (χ1) is 6.46. The summed E-state index contributed by atoms with van der Waals surface area (Å²) in [6.07, 6.45) is 3.50. The number of rotatable bonds is 0. The van der Waals surface area contributed by atoms with Gasteiger partial charge in [-0.2, -0.15) is 0 Å². The molecule has 1 aromatic rings. The predicted molar refractivity (Wildman–Crippen MR) is 58.5 cm³/mol. The van der Waals surface area contributed by atoms with E-state index in [9.17, 15) is 0 Å². The van der Waals surface area contributed by atoms with Gasteiger partial charge >= 0.3 is 0 Å². The largest absolute Gasteiger partial charge is 0.265 e. The molecule has 0 aliphatic carbocycles. The minimum Gasteiger partial charge on any atom is -0.265 e. The van der Waals surface area contributed by atoms with E-state index < -0.39 is 9.22 Å². The second-order valence-electron chi connectivity index (χ2n) is 1.71. The fourth-order valence-corrected chi connectivity index (χ4v) is 0.313. The Morgan fingerprint density at radius 3 is 1.57 bits per heavy atom. The highest BCUT2D eigenvalue weighted by molar-refractivity contribution is 6.63. The number of nitrogens with zero attached hydrogens (tertiary/aromatic N) is 2. The summed E-state index contributed by atoms with van der Waals surface area (Å²) in [6.45, 7) is 0. The van der Waals surface area contributed by atoms with Crippen molar-refractivity contribution in [3.05, 3.63) is 40.7 Å². The molecule has 0 radical (unpaired) electrons. The van der Waals surface area contributed by atoms with Gasteiger partial charge in [0.1, 0.15) is 0 Å². The quantitative estimate of drug-likeness (QED) is 0.409. The van der Waals surface area contributed by atoms with E-state index in [-0.39, 0.29) is 0 Å². The predicted octanol–water partition coefficient (Wildman–Crippen LogP) is 2.96. The van der Waals surface area contributed by atoms with Crippen molar-refractivity contribution in [3.8, 4) is 0 Å². The molecule has 1 aromatic heterocycles. The second-order valence-corrected chi connectivity index (χ2v) is 3.69. The third kappa shape index (κ3) is 42.2. The van der Waals surface area contributed by atoms with E-state index in [0.29, 0.717) is 0 Å². The minimum absolute atomic E-state index is 0.500. The zero-order chi connectivity index (χ0) is 11.4. The van der Waals surface area contributed by atoms with E-state index in [1.807, 2.05) is 18.2 Å². The maximum Gasteiger partial charge on any atom is 0.194 e. The highest BCUT2D eigenvalue weighted by Crippen LogP contribution is 2.03. The lowest BCUT2D eigenvalue weighted by Crippen LogP contribution is -1.79. The average Bonchev–Trinajstić information content (AvgIpc) is 2.05. The Kier molecular flexibility index (Phi) is 14.1. The van der Waals surface area contributed by atoms with Crippen LogP contribution in [-0.2, 0) is 0 Å². The molecule has 0 unspecified atom stereocenters. The average molecular weight is 260 g/mol. The van der Waals surface area contributed by atoms with Crippen LogP contribution in [0.3, 0.4) is 0 Å². The lowest BCUT2D eigenvalue weighted by Gasteiger charge is -1.70. The molecule has 1 heterocycles. The normalized spacial score (nSPS) is 7.79. The topological polar surface area (TPSA) is 56.0 Å². The smallest absolute Gasteiger partial charge is 0.194 e. The molecule has 0 N–H and O–H groups in total. The monoisotopic (exact) mass is 258 g/mol. The fraction of sp³-hybridized carbons (Fsp3) is 0.286. The van der Waals surface area contributed by atoms with E-state index in [4.69, 9.17) is 44.9 Å². The van der Waals surface area contributed by atoms with Crippen molar-refractivity contribution in [2.75, 3.05) is 7.05 Å². The summed E-state index contributed by atoms with van der Waals surface area (Å²) in [4.78, 5) is 12.1. The van der Waals surface area contributed by atoms with E-state index in [0.717, 1.165) is 7.05 Å². The molecule has 0 aliphatic rings. The van der Waals surface area contributed by atoms with Crippen LogP contribution in [0.5, 0.6) is 0 Å². The first-order valence-electron chi connectivity index (χ1n) is 3.32. The van der Waals surface area contributed by atoms with Crippen molar-refractivity contribution in [3.63, 3.8) is 0 Å². The summed E-state index contributed by atoms with van der Waals surface area (Å²) in [5.74, 6) is 0. The van der Waals surface area contributed by atoms with Crippen LogP contribution in [0.4, 0.5) is 0 Å². The molecule has 0 atom stereocenters. The van der Waals surface area contributed by atoms with Gasteiger partial charge in [-0.3, -0.25) is 15.1 Å². The lowest BCUT2D eigenvalue weighted by molar-refractivity contribution is -0.445. The molecular formula is C7H9Cl3N2O2. The van der Waals surface area contributed by atoms with Crippen LogP contribution in [0.15, 0.2) is 30.6 Å². The lowest BCUT2D eigenvalue weighted by atomic mass is 10.5. The summed E-state index contributed by atoms with van der Waals surface area (Å²) < 4.78 is -0.750. The Morgan fingerprint density at radius 2 is 1.50 bits per heavy atom. The second kappa shape index (κ2) is 12.4. The van der Waals surface area contributed by atoms with Gasteiger partial charge in [-0.05, 0) is 12.1 Å². The van der Waals surface area contributed by atoms with Crippen molar-refractivity contribution in [1.82, 2.24) is 4.98 Å². The van der Waals surface area contributed by atoms with Crippen molar-refractivity contribution < 1.29 is 4.92 Å². The Morgan fingerprint density at radius 1 is 1.21 bits per heavy atom. The van der Waals surface area contributed by atoms with Crippen molar-refractivity contribution in [1.29, 1.82) is 0 Å². The maximum absolute atomic E-state index is 8.81. The van der Waals surface area contributed by atoms with Crippen LogP contribution in [0.25, 0.3) is 0 Å². The number of alkyl halides is 3. The van der Waals surface area contributed by atoms with Gasteiger partial charge in [0.15, 0.2) is 11.3 Å². The van der Waals surface area contributed by atoms with Gasteiger partial charge in [0.05, 0.1) is 0 Å². The molecule has 80 valence electrons. The third-order valence-corrected chi connectivity index (χ3v) is 0.566. The molecule has 0 spiro atoms. The first kappa shape index (κ1) is 15.9. The highest BCUT2D eigenvalue weighted by Gasteiger charge is 1.78. The Bertz CT molecular complexity index is 188. The van der Waals surface area contributed by atoms with Crippen molar-refractivity contribution in [2.45, 2.75) is 4.30 Å². The van der Waals surface area contributed by atoms with E-state index in [1.54, 1.807) is 12.4 Å². The standard InChI is InChI=1S/C5H5N.CHCl3.CH3NO2/c1-2-4-6-5-3-1;2-1(3)4;1-2(3)4/h1-5H;1H;1H3. The zero-order valence-electron chi connectivity index (χ0n) is 7.31. The number of halogens is 3. The fourth-order valence-electron chi connectivity index (χ4n) is 0.313. The van der Waals surface area contributed by atoms with Crippen LogP contribution in [0.2, 0.25) is 0 Å². The van der Waals surface area contributed by atoms with Gasteiger partial charge in [-0.15, -0.1) is 0 Å². The number of pyridine rings is 1. The molecule has 1 rings (SSSR count). The first-order valence-corrected chi connectivity index (χ1v) is 4.63. The summed E-state index contributed by atoms with van der Waals surface area (Å²) >= 11 is 14.4. The molecular weight excluding hydrogens is 250 g/mol. The number of hydrogen-bond donors (Lipinski definition) is 0. The van der Waals surface area contributed by atoms with Crippen LogP contribution < -0.4 is 0 Å². The minimum atomic E-state index is -0.750. The number of nitro groups is 1. The van der Waals surface area contributed by atoms with Crippen LogP contribution >= 0.6 is 34.8 Å². The molecule has 7 heteroatoms. The molecule has 0 saturated heterocycles. The van der Waals surface area contributed by atoms with Gasteiger partial charge in [-0.1, -0.05) is 40.9 Å². The van der Waals surface area contributed by atoms with Crippen molar-refractivity contribution in [2.24, 2.45) is 0 Å². The molecule has 0 fully saturated rings. The van der Waals surface area contributed by atoms with Gasteiger partial charge in [0, 0.05) is 17.3 Å². The molecule has 0 amide bonds. The summed E-state index contributed by atoms with van der Waals surface area (Å²) in [5, 5.41) is 8.81. The summed E-state index contributed by atoms with van der Waals surface area (Å²) in [6, 6.07) is 5.72. The van der Waals surface area contributed by atoms with Gasteiger partial charge < -0.3 is 0 Å². The van der Waals surface area contributed by atoms with Gasteiger partial charge in [0.2, 0.25) is 0 Å². The maximum atomic E-state index is 8.81. The van der Waals surface area contributed by atoms with E-state index in [1.165, 1.54) is 0 Å². The van der Waals surface area contributed by atoms with Gasteiger partial charge in [-0.25, -0.2) is 0 Å². The SMILES string of the molecule is C[N+](=O)[O-].ClC(Cl)Cl.c1ccncc1. The van der Waals surface area contributed by atoms with Crippen LogP contribution in [0.1, 0.15) is 0 Å². The van der Waals surface area contributed by atoms with Crippen LogP contribution in [-0.4, -0.2) is 21.3 Å².